The van der Waals surface area contributed by atoms with Crippen LogP contribution in [0.2, 0.25) is 0 Å². The average Bonchev–Trinajstić information content (AvgIpc) is 3.30. The molecule has 0 unspecified atom stereocenters. The van der Waals surface area contributed by atoms with E-state index in [1.165, 1.54) is 21.4 Å². The zero-order valence-corrected chi connectivity index (χ0v) is 17.4. The van der Waals surface area contributed by atoms with Crippen LogP contribution in [0.25, 0.3) is 27.0 Å². The summed E-state index contributed by atoms with van der Waals surface area (Å²) in [7, 11) is 0. The molecule has 4 heteroatoms. The Morgan fingerprint density at radius 3 is 2.29 bits per heavy atom. The van der Waals surface area contributed by atoms with Crippen LogP contribution in [0.4, 0.5) is 0 Å². The van der Waals surface area contributed by atoms with Crippen molar-refractivity contribution in [1.29, 1.82) is 5.26 Å². The number of nitriles is 1. The van der Waals surface area contributed by atoms with Crippen LogP contribution in [-0.2, 0) is 0 Å². The van der Waals surface area contributed by atoms with Crippen molar-refractivity contribution < 1.29 is 0 Å². The van der Waals surface area contributed by atoms with Crippen molar-refractivity contribution in [3.05, 3.63) is 70.7 Å². The van der Waals surface area contributed by atoms with Crippen LogP contribution in [0.15, 0.2) is 53.9 Å². The molecule has 0 amide bonds. The number of benzene rings is 2. The minimum atomic E-state index is 0.377. The van der Waals surface area contributed by atoms with Crippen molar-refractivity contribution in [1.82, 2.24) is 9.78 Å². The molecule has 2 heterocycles. The lowest BCUT2D eigenvalue weighted by atomic mass is 9.87. The zero-order chi connectivity index (χ0) is 19.8. The van der Waals surface area contributed by atoms with Gasteiger partial charge in [-0.05, 0) is 29.0 Å². The second kappa shape index (κ2) is 7.26. The Balaban J connectivity index is 2.06. The SMILES string of the molecule is CC(C)c1cccc(C(C)C)c1-c1cc(C#N)nn1-c1csc2ccccc12. The summed E-state index contributed by atoms with van der Waals surface area (Å²) in [6.45, 7) is 8.87. The molecular weight excluding hydrogens is 362 g/mol. The van der Waals surface area contributed by atoms with Crippen LogP contribution in [-0.4, -0.2) is 9.78 Å². The molecule has 0 atom stereocenters. The first-order valence-corrected chi connectivity index (χ1v) is 10.5. The Morgan fingerprint density at radius 2 is 1.64 bits per heavy atom. The lowest BCUT2D eigenvalue weighted by molar-refractivity contribution is 0.826. The largest absolute Gasteiger partial charge is 0.230 e. The van der Waals surface area contributed by atoms with Gasteiger partial charge in [0.25, 0.3) is 0 Å². The highest BCUT2D eigenvalue weighted by Gasteiger charge is 2.22. The molecule has 3 nitrogen and oxygen atoms in total. The van der Waals surface area contributed by atoms with Gasteiger partial charge < -0.3 is 0 Å². The summed E-state index contributed by atoms with van der Waals surface area (Å²) in [4.78, 5) is 0. The first kappa shape index (κ1) is 18.5. The van der Waals surface area contributed by atoms with E-state index in [2.05, 4.69) is 86.7 Å². The maximum atomic E-state index is 9.57. The highest BCUT2D eigenvalue weighted by Crippen LogP contribution is 2.39. The smallest absolute Gasteiger partial charge is 0.163 e. The Hall–Kier alpha value is -2.90. The minimum Gasteiger partial charge on any atom is -0.230 e. The van der Waals surface area contributed by atoms with Crippen molar-refractivity contribution in [2.24, 2.45) is 0 Å². The Labute approximate surface area is 169 Å². The van der Waals surface area contributed by atoms with Crippen LogP contribution < -0.4 is 0 Å². The predicted molar refractivity (Wildman–Crippen MR) is 117 cm³/mol. The van der Waals surface area contributed by atoms with Gasteiger partial charge in [0.1, 0.15) is 6.07 Å². The van der Waals surface area contributed by atoms with Crippen LogP contribution in [0, 0.1) is 11.3 Å². The van der Waals surface area contributed by atoms with Gasteiger partial charge in [-0.3, -0.25) is 0 Å². The highest BCUT2D eigenvalue weighted by molar-refractivity contribution is 7.17. The van der Waals surface area contributed by atoms with E-state index in [1.807, 2.05) is 10.7 Å². The second-order valence-corrected chi connectivity index (χ2v) is 8.59. The number of hydrogen-bond acceptors (Lipinski definition) is 3. The van der Waals surface area contributed by atoms with Gasteiger partial charge in [-0.25, -0.2) is 4.68 Å². The Kier molecular flexibility index (Phi) is 4.78. The third-order valence-electron chi connectivity index (χ3n) is 5.14. The predicted octanol–water partition coefficient (Wildman–Crippen LogP) is 6.87. The topological polar surface area (TPSA) is 41.6 Å². The first-order chi connectivity index (χ1) is 13.5. The van der Waals surface area contributed by atoms with Crippen LogP contribution in [0.1, 0.15) is 56.4 Å². The third kappa shape index (κ3) is 3.02. The second-order valence-electron chi connectivity index (χ2n) is 7.68. The number of fused-ring (bicyclic) bond motifs is 1. The van der Waals surface area contributed by atoms with E-state index in [1.54, 1.807) is 11.3 Å². The first-order valence-electron chi connectivity index (χ1n) is 9.61. The monoisotopic (exact) mass is 385 g/mol. The van der Waals surface area contributed by atoms with E-state index in [-0.39, 0.29) is 0 Å². The van der Waals surface area contributed by atoms with E-state index in [0.29, 0.717) is 17.5 Å². The molecule has 0 saturated carbocycles. The lowest BCUT2D eigenvalue weighted by Gasteiger charge is -2.20. The van der Waals surface area contributed by atoms with Crippen molar-refractivity contribution in [2.45, 2.75) is 39.5 Å². The van der Waals surface area contributed by atoms with Crippen LogP contribution in [0.5, 0.6) is 0 Å². The molecule has 0 aliphatic carbocycles. The average molecular weight is 386 g/mol. The summed E-state index contributed by atoms with van der Waals surface area (Å²) in [5.41, 5.74) is 6.25. The number of aromatic nitrogens is 2. The molecule has 0 aliphatic heterocycles. The normalized spacial score (nSPS) is 11.5. The molecule has 0 bridgehead atoms. The lowest BCUT2D eigenvalue weighted by Crippen LogP contribution is -2.05. The van der Waals surface area contributed by atoms with Crippen LogP contribution in [0.3, 0.4) is 0 Å². The van der Waals surface area contributed by atoms with Gasteiger partial charge >= 0.3 is 0 Å². The van der Waals surface area contributed by atoms with Gasteiger partial charge in [0.2, 0.25) is 0 Å². The fraction of sp³-hybridized carbons (Fsp3) is 0.250. The third-order valence-corrected chi connectivity index (χ3v) is 6.09. The molecule has 0 aliphatic rings. The molecule has 0 saturated heterocycles. The zero-order valence-electron chi connectivity index (χ0n) is 16.6. The van der Waals surface area contributed by atoms with Crippen molar-refractivity contribution in [3.63, 3.8) is 0 Å². The summed E-state index contributed by atoms with van der Waals surface area (Å²) in [6.07, 6.45) is 0. The summed E-state index contributed by atoms with van der Waals surface area (Å²) >= 11 is 1.71. The number of hydrogen-bond donors (Lipinski definition) is 0. The highest BCUT2D eigenvalue weighted by atomic mass is 32.1. The molecule has 0 fully saturated rings. The molecule has 4 rings (SSSR count). The Morgan fingerprint density at radius 1 is 0.964 bits per heavy atom. The molecule has 0 spiro atoms. The number of rotatable bonds is 4. The Bertz CT molecular complexity index is 1160. The molecule has 28 heavy (non-hydrogen) atoms. The molecule has 140 valence electrons. The van der Waals surface area contributed by atoms with Gasteiger partial charge in [0, 0.05) is 27.1 Å². The molecule has 4 aromatic rings. The van der Waals surface area contributed by atoms with E-state index in [0.717, 1.165) is 16.8 Å². The van der Waals surface area contributed by atoms with Crippen molar-refractivity contribution in [2.75, 3.05) is 0 Å². The van der Waals surface area contributed by atoms with Gasteiger partial charge in [-0.15, -0.1) is 11.3 Å². The van der Waals surface area contributed by atoms with Gasteiger partial charge in [0.15, 0.2) is 5.69 Å². The molecular formula is C24H23N3S. The molecule has 2 aromatic carbocycles. The number of nitrogens with zero attached hydrogens (tertiary/aromatic N) is 3. The molecule has 0 radical (unpaired) electrons. The maximum Gasteiger partial charge on any atom is 0.163 e. The van der Waals surface area contributed by atoms with E-state index in [4.69, 9.17) is 0 Å². The minimum absolute atomic E-state index is 0.377. The fourth-order valence-electron chi connectivity index (χ4n) is 3.77. The van der Waals surface area contributed by atoms with Crippen molar-refractivity contribution >= 4 is 21.4 Å². The van der Waals surface area contributed by atoms with Gasteiger partial charge in [-0.1, -0.05) is 64.1 Å². The summed E-state index contributed by atoms with van der Waals surface area (Å²) in [6, 6.07) is 19.0. The van der Waals surface area contributed by atoms with Crippen molar-refractivity contribution in [3.8, 4) is 23.0 Å². The van der Waals surface area contributed by atoms with E-state index in [9.17, 15) is 5.26 Å². The standard InChI is InChI=1S/C24H23N3S/c1-15(2)18-9-7-10-19(16(3)4)24(18)21-12-17(13-25)26-27(21)22-14-28-23-11-6-5-8-20(22)23/h5-12,14-16H,1-4H3. The molecule has 0 N–H and O–H groups in total. The maximum absolute atomic E-state index is 9.57. The summed E-state index contributed by atoms with van der Waals surface area (Å²) in [5, 5.41) is 17.5. The quantitative estimate of drug-likeness (QED) is 0.384. The summed E-state index contributed by atoms with van der Waals surface area (Å²) < 4.78 is 3.18. The summed E-state index contributed by atoms with van der Waals surface area (Å²) in [5.74, 6) is 0.753. The van der Waals surface area contributed by atoms with E-state index < -0.39 is 0 Å². The van der Waals surface area contributed by atoms with Gasteiger partial charge in [0.05, 0.1) is 11.4 Å². The van der Waals surface area contributed by atoms with Gasteiger partial charge in [-0.2, -0.15) is 10.4 Å². The number of thiophene rings is 1. The molecule has 2 aromatic heterocycles. The van der Waals surface area contributed by atoms with E-state index >= 15 is 0 Å². The van der Waals surface area contributed by atoms with Crippen LogP contribution >= 0.6 is 11.3 Å². The fourth-order valence-corrected chi connectivity index (χ4v) is 4.69.